The molecule has 3 aromatic heterocycles. The Balaban J connectivity index is 1.18. The fourth-order valence-electron chi connectivity index (χ4n) is 4.85. The number of hydrogen-bond donors (Lipinski definition) is 0. The Kier molecular flexibility index (Phi) is 4.31. The molecule has 1 atom stereocenters. The summed E-state index contributed by atoms with van der Waals surface area (Å²) in [5, 5.41) is 9.63. The van der Waals surface area contributed by atoms with Gasteiger partial charge in [0.1, 0.15) is 22.8 Å². The number of hydrogen-bond acceptors (Lipinski definition) is 7. The standard InChI is InChI=1S/C23H22FN5OS/c1-2-16-11-17-19(25-13-26-22(17)31-16)29-8-6-23(7-9-29)12-18(23)21-28-27-20(30-21)14-4-3-5-15(24)10-14/h3-5,10-11,13,18H,2,6-9,12H2,1H3/t18-/m0/s1. The number of aromatic nitrogens is 4. The lowest BCUT2D eigenvalue weighted by Crippen LogP contribution is -2.35. The van der Waals surface area contributed by atoms with Crippen molar-refractivity contribution in [1.82, 2.24) is 20.2 Å². The lowest BCUT2D eigenvalue weighted by Gasteiger charge is -2.33. The molecule has 2 fully saturated rings. The number of piperidine rings is 1. The Morgan fingerprint density at radius 1 is 1.19 bits per heavy atom. The predicted molar refractivity (Wildman–Crippen MR) is 118 cm³/mol. The molecule has 0 bridgehead atoms. The van der Waals surface area contributed by atoms with Crippen molar-refractivity contribution in [3.63, 3.8) is 0 Å². The largest absolute Gasteiger partial charge is 0.420 e. The van der Waals surface area contributed by atoms with Gasteiger partial charge < -0.3 is 9.32 Å². The molecule has 1 aliphatic carbocycles. The Morgan fingerprint density at radius 3 is 2.87 bits per heavy atom. The molecular formula is C23H22FN5OS. The third-order valence-corrected chi connectivity index (χ3v) is 7.95. The van der Waals surface area contributed by atoms with E-state index in [0.29, 0.717) is 23.3 Å². The van der Waals surface area contributed by atoms with Gasteiger partial charge in [-0.25, -0.2) is 14.4 Å². The van der Waals surface area contributed by atoms with Gasteiger partial charge in [-0.1, -0.05) is 13.0 Å². The topological polar surface area (TPSA) is 67.9 Å². The summed E-state index contributed by atoms with van der Waals surface area (Å²) in [7, 11) is 0. The van der Waals surface area contributed by atoms with Crippen LogP contribution in [0.1, 0.15) is 42.9 Å². The normalized spacial score (nSPS) is 19.9. The Labute approximate surface area is 183 Å². The second kappa shape index (κ2) is 7.09. The van der Waals surface area contributed by atoms with E-state index in [9.17, 15) is 4.39 Å². The zero-order valence-corrected chi connectivity index (χ0v) is 18.0. The van der Waals surface area contributed by atoms with E-state index in [1.54, 1.807) is 29.8 Å². The number of thiophene rings is 1. The molecule has 0 radical (unpaired) electrons. The van der Waals surface area contributed by atoms with Gasteiger partial charge in [0.25, 0.3) is 0 Å². The zero-order valence-electron chi connectivity index (χ0n) is 17.2. The van der Waals surface area contributed by atoms with Crippen molar-refractivity contribution in [2.75, 3.05) is 18.0 Å². The van der Waals surface area contributed by atoms with Crippen molar-refractivity contribution in [3.8, 4) is 11.5 Å². The molecule has 4 aromatic rings. The summed E-state index contributed by atoms with van der Waals surface area (Å²) in [6, 6.07) is 8.53. The molecular weight excluding hydrogens is 413 g/mol. The third-order valence-electron chi connectivity index (χ3n) is 6.77. The van der Waals surface area contributed by atoms with Crippen molar-refractivity contribution in [2.45, 2.75) is 38.5 Å². The average Bonchev–Trinajstić information content (AvgIpc) is 3.16. The molecule has 2 aliphatic rings. The number of nitrogens with zero attached hydrogens (tertiary/aromatic N) is 5. The molecule has 1 spiro atoms. The molecule has 31 heavy (non-hydrogen) atoms. The molecule has 1 aromatic carbocycles. The molecule has 6 rings (SSSR count). The maximum Gasteiger partial charge on any atom is 0.247 e. The molecule has 158 valence electrons. The summed E-state index contributed by atoms with van der Waals surface area (Å²) in [6.07, 6.45) is 5.93. The van der Waals surface area contributed by atoms with Crippen molar-refractivity contribution >= 4 is 27.4 Å². The molecule has 1 saturated heterocycles. The Hall–Kier alpha value is -2.87. The lowest BCUT2D eigenvalue weighted by atomic mass is 9.90. The Morgan fingerprint density at radius 2 is 2.06 bits per heavy atom. The van der Waals surface area contributed by atoms with Crippen molar-refractivity contribution in [3.05, 3.63) is 53.2 Å². The molecule has 1 saturated carbocycles. The van der Waals surface area contributed by atoms with Gasteiger partial charge in [-0.2, -0.15) is 0 Å². The highest BCUT2D eigenvalue weighted by Crippen LogP contribution is 2.64. The summed E-state index contributed by atoms with van der Waals surface area (Å²) < 4.78 is 19.4. The number of benzene rings is 1. The first kappa shape index (κ1) is 18.9. The minimum atomic E-state index is -0.303. The molecule has 8 heteroatoms. The summed E-state index contributed by atoms with van der Waals surface area (Å²) in [5.74, 6) is 2.12. The number of anilines is 1. The first-order valence-electron chi connectivity index (χ1n) is 10.7. The van der Waals surface area contributed by atoms with E-state index in [1.807, 2.05) is 0 Å². The van der Waals surface area contributed by atoms with Crippen LogP contribution < -0.4 is 4.90 Å². The summed E-state index contributed by atoms with van der Waals surface area (Å²) >= 11 is 1.76. The molecule has 0 unspecified atom stereocenters. The van der Waals surface area contributed by atoms with E-state index in [0.717, 1.165) is 49.4 Å². The van der Waals surface area contributed by atoms with E-state index in [1.165, 1.54) is 22.4 Å². The van der Waals surface area contributed by atoms with Gasteiger partial charge in [0, 0.05) is 29.4 Å². The van der Waals surface area contributed by atoms with E-state index in [-0.39, 0.29) is 11.2 Å². The van der Waals surface area contributed by atoms with Crippen molar-refractivity contribution in [1.29, 1.82) is 0 Å². The maximum atomic E-state index is 13.5. The number of aryl methyl sites for hydroxylation is 1. The molecule has 0 amide bonds. The van der Waals surface area contributed by atoms with Gasteiger partial charge in [-0.05, 0) is 55.4 Å². The molecule has 0 N–H and O–H groups in total. The lowest BCUT2D eigenvalue weighted by molar-refractivity contribution is 0.352. The SMILES string of the molecule is CCc1cc2c(N3CCC4(CC3)C[C@H]4c3nnc(-c4cccc(F)c4)o3)ncnc2s1. The van der Waals surface area contributed by atoms with E-state index in [4.69, 9.17) is 4.42 Å². The van der Waals surface area contributed by atoms with Crippen LogP contribution in [0.5, 0.6) is 0 Å². The summed E-state index contributed by atoms with van der Waals surface area (Å²) in [4.78, 5) is 13.9. The van der Waals surface area contributed by atoms with Gasteiger partial charge in [0.05, 0.1) is 5.39 Å². The highest BCUT2D eigenvalue weighted by Gasteiger charge is 2.58. The van der Waals surface area contributed by atoms with Crippen LogP contribution >= 0.6 is 11.3 Å². The smallest absolute Gasteiger partial charge is 0.247 e. The maximum absolute atomic E-state index is 13.5. The van der Waals surface area contributed by atoms with Gasteiger partial charge in [0.2, 0.25) is 11.8 Å². The monoisotopic (exact) mass is 435 g/mol. The minimum Gasteiger partial charge on any atom is -0.420 e. The fraction of sp³-hybridized carbons (Fsp3) is 0.391. The number of rotatable bonds is 4. The van der Waals surface area contributed by atoms with Crippen LogP contribution in [0.15, 0.2) is 41.1 Å². The van der Waals surface area contributed by atoms with Crippen LogP contribution in [0.25, 0.3) is 21.7 Å². The second-order valence-electron chi connectivity index (χ2n) is 8.54. The van der Waals surface area contributed by atoms with Crippen LogP contribution in [0.4, 0.5) is 10.2 Å². The zero-order chi connectivity index (χ0) is 21.0. The van der Waals surface area contributed by atoms with Crippen molar-refractivity contribution < 1.29 is 8.81 Å². The Bertz CT molecular complexity index is 1260. The summed E-state index contributed by atoms with van der Waals surface area (Å²) in [6.45, 7) is 4.10. The van der Waals surface area contributed by atoms with Crippen LogP contribution in [0, 0.1) is 11.2 Å². The minimum absolute atomic E-state index is 0.234. The number of halogens is 1. The average molecular weight is 436 g/mol. The third kappa shape index (κ3) is 3.20. The molecule has 1 aliphatic heterocycles. The van der Waals surface area contributed by atoms with Crippen molar-refractivity contribution in [2.24, 2.45) is 5.41 Å². The summed E-state index contributed by atoms with van der Waals surface area (Å²) in [5.41, 5.74) is 0.857. The molecule has 6 nitrogen and oxygen atoms in total. The van der Waals surface area contributed by atoms with Crippen LogP contribution in [0.2, 0.25) is 0 Å². The highest BCUT2D eigenvalue weighted by molar-refractivity contribution is 7.18. The van der Waals surface area contributed by atoms with Crippen LogP contribution in [0.3, 0.4) is 0 Å². The first-order valence-corrected chi connectivity index (χ1v) is 11.5. The second-order valence-corrected chi connectivity index (χ2v) is 9.66. The van der Waals surface area contributed by atoms with E-state index >= 15 is 0 Å². The van der Waals surface area contributed by atoms with Crippen LogP contribution in [-0.4, -0.2) is 33.3 Å². The number of fused-ring (bicyclic) bond motifs is 1. The van der Waals surface area contributed by atoms with Crippen LogP contribution in [-0.2, 0) is 6.42 Å². The molecule has 4 heterocycles. The first-order chi connectivity index (χ1) is 15.1. The van der Waals surface area contributed by atoms with Gasteiger partial charge in [0.15, 0.2) is 0 Å². The van der Waals surface area contributed by atoms with Gasteiger partial charge in [-0.15, -0.1) is 21.5 Å². The van der Waals surface area contributed by atoms with Gasteiger partial charge in [-0.3, -0.25) is 0 Å². The highest BCUT2D eigenvalue weighted by atomic mass is 32.1. The van der Waals surface area contributed by atoms with E-state index < -0.39 is 0 Å². The fourth-order valence-corrected chi connectivity index (χ4v) is 5.78. The quantitative estimate of drug-likeness (QED) is 0.438. The van der Waals surface area contributed by atoms with E-state index in [2.05, 4.69) is 38.1 Å². The van der Waals surface area contributed by atoms with Gasteiger partial charge >= 0.3 is 0 Å². The predicted octanol–water partition coefficient (Wildman–Crippen LogP) is 5.22.